The minimum atomic E-state index is -0.682. The number of amides is 1. The van der Waals surface area contributed by atoms with E-state index in [-0.39, 0.29) is 16.7 Å². The molecule has 6 heteroatoms. The van der Waals surface area contributed by atoms with Crippen LogP contribution in [0.3, 0.4) is 0 Å². The van der Waals surface area contributed by atoms with Gasteiger partial charge in [0.15, 0.2) is 0 Å². The fraction of sp³-hybridized carbons (Fsp3) is 0.385. The minimum absolute atomic E-state index is 0.0873. The molecule has 0 saturated carbocycles. The maximum absolute atomic E-state index is 13.2. The fourth-order valence-electron chi connectivity index (χ4n) is 3.90. The highest BCUT2D eigenvalue weighted by Crippen LogP contribution is 2.41. The number of ketones is 1. The molecule has 1 N–H and O–H groups in total. The highest BCUT2D eigenvalue weighted by Gasteiger charge is 2.46. The lowest BCUT2D eigenvalue weighted by molar-refractivity contribution is -0.140. The second-order valence-electron chi connectivity index (χ2n) is 9.37. The predicted octanol–water partition coefficient (Wildman–Crippen LogP) is 3.98. The molecule has 0 bridgehead atoms. The van der Waals surface area contributed by atoms with Crippen LogP contribution in [-0.4, -0.2) is 60.9 Å². The standard InChI is InChI=1S/C26H32N2O4/c1-26(2,3)18-12-13-20(32-6)19(16-18)23(29)21-22(17-10-8-7-9-11-17)28(15-14-27(4)5)25(31)24(21)30/h7-13,16,22,29H,14-15H2,1-6H3/b23-21+. The second kappa shape index (κ2) is 9.17. The Morgan fingerprint density at radius 3 is 2.31 bits per heavy atom. The molecule has 32 heavy (non-hydrogen) atoms. The maximum Gasteiger partial charge on any atom is 0.295 e. The SMILES string of the molecule is COc1ccc(C(C)(C)C)cc1/C(O)=C1\C(=O)C(=O)N(CCN(C)C)C1c1ccccc1. The van der Waals surface area contributed by atoms with Gasteiger partial charge in [0.25, 0.3) is 11.7 Å². The van der Waals surface area contributed by atoms with Crippen molar-refractivity contribution in [2.45, 2.75) is 32.2 Å². The van der Waals surface area contributed by atoms with Gasteiger partial charge in [-0.15, -0.1) is 0 Å². The number of rotatable bonds is 6. The zero-order valence-electron chi connectivity index (χ0n) is 19.7. The van der Waals surface area contributed by atoms with E-state index in [1.54, 1.807) is 11.0 Å². The Balaban J connectivity index is 2.23. The molecule has 0 aliphatic carbocycles. The molecule has 6 nitrogen and oxygen atoms in total. The van der Waals surface area contributed by atoms with Gasteiger partial charge in [0, 0.05) is 13.1 Å². The van der Waals surface area contributed by atoms with Gasteiger partial charge in [-0.05, 0) is 42.8 Å². The monoisotopic (exact) mass is 436 g/mol. The fourth-order valence-corrected chi connectivity index (χ4v) is 3.90. The van der Waals surface area contributed by atoms with E-state index < -0.39 is 17.7 Å². The van der Waals surface area contributed by atoms with Gasteiger partial charge in [0.05, 0.1) is 24.3 Å². The topological polar surface area (TPSA) is 70.1 Å². The minimum Gasteiger partial charge on any atom is -0.507 e. The Bertz CT molecular complexity index is 1040. The first-order valence-electron chi connectivity index (χ1n) is 10.7. The van der Waals surface area contributed by atoms with Crippen molar-refractivity contribution in [3.05, 3.63) is 70.8 Å². The van der Waals surface area contributed by atoms with Crippen molar-refractivity contribution in [1.29, 1.82) is 0 Å². The van der Waals surface area contributed by atoms with Crippen LogP contribution in [0.5, 0.6) is 5.75 Å². The van der Waals surface area contributed by atoms with E-state index in [2.05, 4.69) is 20.8 Å². The third kappa shape index (κ3) is 4.55. The number of carbonyl (C=O) groups is 2. The lowest BCUT2D eigenvalue weighted by Crippen LogP contribution is -2.35. The first-order valence-corrected chi connectivity index (χ1v) is 10.7. The average Bonchev–Trinajstić information content (AvgIpc) is 3.01. The zero-order chi connectivity index (χ0) is 23.6. The molecule has 1 unspecified atom stereocenters. The van der Waals surface area contributed by atoms with Gasteiger partial charge in [-0.3, -0.25) is 9.59 Å². The molecule has 3 rings (SSSR count). The quantitative estimate of drug-likeness (QED) is 0.421. The van der Waals surface area contributed by atoms with Crippen LogP contribution >= 0.6 is 0 Å². The molecule has 2 aromatic carbocycles. The lowest BCUT2D eigenvalue weighted by atomic mass is 9.85. The van der Waals surface area contributed by atoms with Gasteiger partial charge in [-0.1, -0.05) is 57.2 Å². The smallest absolute Gasteiger partial charge is 0.295 e. The van der Waals surface area contributed by atoms with E-state index in [0.29, 0.717) is 24.4 Å². The highest BCUT2D eigenvalue weighted by atomic mass is 16.5. The summed E-state index contributed by atoms with van der Waals surface area (Å²) in [5.74, 6) is -1.05. The van der Waals surface area contributed by atoms with Crippen molar-refractivity contribution in [1.82, 2.24) is 9.80 Å². The van der Waals surface area contributed by atoms with Crippen molar-refractivity contribution in [3.63, 3.8) is 0 Å². The average molecular weight is 437 g/mol. The number of likely N-dealkylation sites (tertiary alicyclic amines) is 1. The number of carbonyl (C=O) groups excluding carboxylic acids is 2. The third-order valence-electron chi connectivity index (χ3n) is 5.76. The van der Waals surface area contributed by atoms with Crippen molar-refractivity contribution in [3.8, 4) is 5.75 Å². The summed E-state index contributed by atoms with van der Waals surface area (Å²) in [5, 5.41) is 11.4. The molecule has 1 atom stereocenters. The van der Waals surface area contributed by atoms with E-state index >= 15 is 0 Å². The summed E-state index contributed by atoms with van der Waals surface area (Å²) in [6.45, 7) is 7.18. The molecule has 2 aromatic rings. The molecule has 1 heterocycles. The molecule has 1 fully saturated rings. The zero-order valence-corrected chi connectivity index (χ0v) is 19.7. The van der Waals surface area contributed by atoms with Gasteiger partial charge < -0.3 is 19.6 Å². The Labute approximate surface area is 190 Å². The Kier molecular flexibility index (Phi) is 6.74. The summed E-state index contributed by atoms with van der Waals surface area (Å²) in [6.07, 6.45) is 0. The maximum atomic E-state index is 13.2. The number of aliphatic hydroxyl groups is 1. The van der Waals surface area contributed by atoms with Crippen molar-refractivity contribution in [2.24, 2.45) is 0 Å². The molecular formula is C26H32N2O4. The molecule has 1 saturated heterocycles. The van der Waals surface area contributed by atoms with Crippen LogP contribution in [0.4, 0.5) is 0 Å². The molecule has 0 radical (unpaired) electrons. The van der Waals surface area contributed by atoms with Crippen LogP contribution in [0.1, 0.15) is 43.5 Å². The van der Waals surface area contributed by atoms with Gasteiger partial charge in [-0.2, -0.15) is 0 Å². The van der Waals surface area contributed by atoms with Crippen molar-refractivity contribution < 1.29 is 19.4 Å². The van der Waals surface area contributed by atoms with Crippen LogP contribution < -0.4 is 4.74 Å². The molecule has 1 amide bonds. The normalized spacial score (nSPS) is 18.5. The largest absolute Gasteiger partial charge is 0.507 e. The van der Waals surface area contributed by atoms with Crippen LogP contribution in [0, 0.1) is 0 Å². The number of likely N-dealkylation sites (N-methyl/N-ethyl adjacent to an activating group) is 1. The lowest BCUT2D eigenvalue weighted by Gasteiger charge is -2.27. The number of nitrogens with zero attached hydrogens (tertiary/aromatic N) is 2. The number of benzene rings is 2. The Hall–Kier alpha value is -3.12. The van der Waals surface area contributed by atoms with Crippen LogP contribution in [0.2, 0.25) is 0 Å². The first-order chi connectivity index (χ1) is 15.1. The summed E-state index contributed by atoms with van der Waals surface area (Å²) in [4.78, 5) is 29.7. The molecule has 170 valence electrons. The van der Waals surface area contributed by atoms with E-state index in [9.17, 15) is 14.7 Å². The van der Waals surface area contributed by atoms with Gasteiger partial charge in [0.2, 0.25) is 0 Å². The highest BCUT2D eigenvalue weighted by molar-refractivity contribution is 6.46. The summed E-state index contributed by atoms with van der Waals surface area (Å²) < 4.78 is 5.49. The molecular weight excluding hydrogens is 404 g/mol. The summed E-state index contributed by atoms with van der Waals surface area (Å²) in [6, 6.07) is 14.2. The molecule has 1 aliphatic heterocycles. The van der Waals surface area contributed by atoms with E-state index in [1.165, 1.54) is 7.11 Å². The number of hydrogen-bond acceptors (Lipinski definition) is 5. The van der Waals surface area contributed by atoms with Crippen LogP contribution in [-0.2, 0) is 15.0 Å². The summed E-state index contributed by atoms with van der Waals surface area (Å²) in [7, 11) is 5.35. The second-order valence-corrected chi connectivity index (χ2v) is 9.37. The van der Waals surface area contributed by atoms with Gasteiger partial charge in [-0.25, -0.2) is 0 Å². The number of aliphatic hydroxyl groups excluding tert-OH is 1. The molecule has 0 aromatic heterocycles. The van der Waals surface area contributed by atoms with E-state index in [4.69, 9.17) is 4.74 Å². The van der Waals surface area contributed by atoms with Crippen LogP contribution in [0.25, 0.3) is 5.76 Å². The van der Waals surface area contributed by atoms with Crippen molar-refractivity contribution >= 4 is 17.4 Å². The Morgan fingerprint density at radius 2 is 1.75 bits per heavy atom. The Morgan fingerprint density at radius 1 is 1.09 bits per heavy atom. The molecule has 1 aliphatic rings. The first kappa shape index (κ1) is 23.5. The third-order valence-corrected chi connectivity index (χ3v) is 5.76. The molecule has 0 spiro atoms. The van der Waals surface area contributed by atoms with E-state index in [0.717, 1.165) is 11.1 Å². The predicted molar refractivity (Wildman–Crippen MR) is 126 cm³/mol. The number of methoxy groups -OCH3 is 1. The number of ether oxygens (including phenoxy) is 1. The number of Topliss-reactive ketones (excluding diaryl/α,β-unsaturated/α-hetero) is 1. The summed E-state index contributed by atoms with van der Waals surface area (Å²) >= 11 is 0. The van der Waals surface area contributed by atoms with E-state index in [1.807, 2.05) is 61.5 Å². The van der Waals surface area contributed by atoms with Gasteiger partial charge in [0.1, 0.15) is 11.5 Å². The summed E-state index contributed by atoms with van der Waals surface area (Å²) in [5.41, 5.74) is 2.09. The van der Waals surface area contributed by atoms with Crippen molar-refractivity contribution in [2.75, 3.05) is 34.3 Å². The number of hydrogen-bond donors (Lipinski definition) is 1. The van der Waals surface area contributed by atoms with Crippen LogP contribution in [0.15, 0.2) is 54.1 Å². The van der Waals surface area contributed by atoms with Gasteiger partial charge >= 0.3 is 0 Å².